The highest BCUT2D eigenvalue weighted by molar-refractivity contribution is 7.11. The molecule has 0 aliphatic rings. The maximum Gasteiger partial charge on any atom is 0.136 e. The van der Waals surface area contributed by atoms with Gasteiger partial charge in [0.15, 0.2) is 0 Å². The molecule has 7 heteroatoms. The van der Waals surface area contributed by atoms with E-state index in [-0.39, 0.29) is 0 Å². The SMILES string of the molecule is N#C/C(=C\Nc1ccc(Oc2ccccc2)cc1)c1nc(-c2ccc(Cl)cc2Cl)cs1. The molecule has 1 aromatic heterocycles. The standard InChI is InChI=1S/C24H15Cl2N3OS/c25-17-6-11-21(22(26)12-17)23-15-31-24(29-23)16(13-27)14-28-18-7-9-20(10-8-18)30-19-4-2-1-3-5-19/h1-12,14-15,28H/b16-14+. The number of ether oxygens (including phenoxy) is 1. The second-order valence-electron chi connectivity index (χ2n) is 6.42. The van der Waals surface area contributed by atoms with Crippen molar-refractivity contribution in [2.24, 2.45) is 0 Å². The molecule has 4 rings (SSSR count). The van der Waals surface area contributed by atoms with E-state index in [0.717, 1.165) is 22.7 Å². The van der Waals surface area contributed by atoms with Crippen molar-refractivity contribution in [3.8, 4) is 28.8 Å². The molecule has 0 spiro atoms. The lowest BCUT2D eigenvalue weighted by atomic mass is 10.2. The molecule has 0 saturated carbocycles. The normalized spacial score (nSPS) is 11.1. The number of halogens is 2. The number of nitrogens with zero attached hydrogens (tertiary/aromatic N) is 2. The van der Waals surface area contributed by atoms with Crippen LogP contribution >= 0.6 is 34.5 Å². The van der Waals surface area contributed by atoms with Gasteiger partial charge in [0, 0.05) is 27.9 Å². The van der Waals surface area contributed by atoms with Crippen LogP contribution in [0.1, 0.15) is 5.01 Å². The Balaban J connectivity index is 1.47. The summed E-state index contributed by atoms with van der Waals surface area (Å²) in [6.07, 6.45) is 1.64. The first-order valence-corrected chi connectivity index (χ1v) is 10.9. The van der Waals surface area contributed by atoms with E-state index in [4.69, 9.17) is 27.9 Å². The number of para-hydroxylation sites is 1. The molecule has 0 radical (unpaired) electrons. The second-order valence-corrected chi connectivity index (χ2v) is 8.12. The number of aromatic nitrogens is 1. The molecule has 4 aromatic rings. The summed E-state index contributed by atoms with van der Waals surface area (Å²) < 4.78 is 5.79. The van der Waals surface area contributed by atoms with Crippen LogP contribution < -0.4 is 10.1 Å². The summed E-state index contributed by atoms with van der Waals surface area (Å²) in [6.45, 7) is 0. The van der Waals surface area contributed by atoms with Crippen LogP contribution in [0.5, 0.6) is 11.5 Å². The van der Waals surface area contributed by atoms with E-state index in [1.54, 1.807) is 18.3 Å². The molecule has 0 unspecified atom stereocenters. The highest BCUT2D eigenvalue weighted by Gasteiger charge is 2.11. The van der Waals surface area contributed by atoms with Crippen molar-refractivity contribution >= 4 is 45.8 Å². The Bertz CT molecular complexity index is 1260. The van der Waals surface area contributed by atoms with Crippen LogP contribution in [0.4, 0.5) is 5.69 Å². The first-order valence-electron chi connectivity index (χ1n) is 9.23. The summed E-state index contributed by atoms with van der Waals surface area (Å²) in [5.41, 5.74) is 2.72. The highest BCUT2D eigenvalue weighted by atomic mass is 35.5. The summed E-state index contributed by atoms with van der Waals surface area (Å²) in [6, 6.07) is 24.5. The minimum atomic E-state index is 0.422. The van der Waals surface area contributed by atoms with Gasteiger partial charge in [0.25, 0.3) is 0 Å². The number of rotatable bonds is 6. The number of anilines is 1. The van der Waals surface area contributed by atoms with Gasteiger partial charge in [-0.15, -0.1) is 11.3 Å². The van der Waals surface area contributed by atoms with Gasteiger partial charge in [-0.1, -0.05) is 41.4 Å². The number of nitrogens with one attached hydrogen (secondary N) is 1. The van der Waals surface area contributed by atoms with E-state index in [0.29, 0.717) is 26.3 Å². The first kappa shape index (κ1) is 21.0. The molecule has 1 N–H and O–H groups in total. The molecule has 0 saturated heterocycles. The lowest BCUT2D eigenvalue weighted by Gasteiger charge is -2.07. The zero-order valence-corrected chi connectivity index (χ0v) is 18.4. The van der Waals surface area contributed by atoms with Gasteiger partial charge in [0.1, 0.15) is 28.1 Å². The van der Waals surface area contributed by atoms with Gasteiger partial charge < -0.3 is 10.1 Å². The number of thiazole rings is 1. The summed E-state index contributed by atoms with van der Waals surface area (Å²) in [4.78, 5) is 4.56. The highest BCUT2D eigenvalue weighted by Crippen LogP contribution is 2.32. The Morgan fingerprint density at radius 1 is 1.00 bits per heavy atom. The van der Waals surface area contributed by atoms with Gasteiger partial charge in [-0.3, -0.25) is 0 Å². The molecule has 0 fully saturated rings. The molecule has 0 aliphatic heterocycles. The zero-order chi connectivity index (χ0) is 21.6. The van der Waals surface area contributed by atoms with Crippen molar-refractivity contribution in [2.45, 2.75) is 0 Å². The third-order valence-electron chi connectivity index (χ3n) is 4.28. The maximum absolute atomic E-state index is 9.58. The predicted molar refractivity (Wildman–Crippen MR) is 128 cm³/mol. The fraction of sp³-hybridized carbons (Fsp3) is 0. The quantitative estimate of drug-likeness (QED) is 0.295. The lowest BCUT2D eigenvalue weighted by molar-refractivity contribution is 0.483. The van der Waals surface area contributed by atoms with Gasteiger partial charge in [0.05, 0.1) is 10.7 Å². The molecular formula is C24H15Cl2N3OS. The van der Waals surface area contributed by atoms with Crippen LogP contribution in [0.25, 0.3) is 16.8 Å². The van der Waals surface area contributed by atoms with E-state index < -0.39 is 0 Å². The van der Waals surface area contributed by atoms with E-state index >= 15 is 0 Å². The van der Waals surface area contributed by atoms with E-state index in [2.05, 4.69) is 16.4 Å². The van der Waals surface area contributed by atoms with Crippen molar-refractivity contribution in [1.82, 2.24) is 4.98 Å². The molecule has 0 bridgehead atoms. The van der Waals surface area contributed by atoms with Crippen LogP contribution in [0, 0.1) is 11.3 Å². The molecule has 0 aliphatic carbocycles. The Labute approximate surface area is 194 Å². The average molecular weight is 464 g/mol. The molecule has 0 amide bonds. The van der Waals surface area contributed by atoms with Crippen LogP contribution in [-0.4, -0.2) is 4.98 Å². The number of hydrogen-bond donors (Lipinski definition) is 1. The minimum absolute atomic E-state index is 0.422. The Kier molecular flexibility index (Phi) is 6.54. The van der Waals surface area contributed by atoms with E-state index in [1.165, 1.54) is 11.3 Å². The fourth-order valence-corrected chi connectivity index (χ4v) is 4.05. The van der Waals surface area contributed by atoms with Crippen LogP contribution in [0.2, 0.25) is 10.0 Å². The van der Waals surface area contributed by atoms with E-state index in [1.807, 2.05) is 66.0 Å². The van der Waals surface area contributed by atoms with Crippen molar-refractivity contribution in [3.05, 3.63) is 99.4 Å². The second kappa shape index (κ2) is 9.67. The first-order chi connectivity index (χ1) is 15.1. The maximum atomic E-state index is 9.58. The minimum Gasteiger partial charge on any atom is -0.457 e. The number of benzene rings is 3. The number of hydrogen-bond acceptors (Lipinski definition) is 5. The van der Waals surface area contributed by atoms with Gasteiger partial charge in [-0.05, 0) is 54.6 Å². The van der Waals surface area contributed by atoms with Crippen LogP contribution in [0.3, 0.4) is 0 Å². The fourth-order valence-electron chi connectivity index (χ4n) is 2.76. The summed E-state index contributed by atoms with van der Waals surface area (Å²) in [5, 5.41) is 16.3. The molecule has 1 heterocycles. The molecule has 152 valence electrons. The van der Waals surface area contributed by atoms with Crippen molar-refractivity contribution < 1.29 is 4.74 Å². The Morgan fingerprint density at radius 3 is 2.45 bits per heavy atom. The summed E-state index contributed by atoms with van der Waals surface area (Å²) >= 11 is 13.6. The van der Waals surface area contributed by atoms with Crippen molar-refractivity contribution in [2.75, 3.05) is 5.32 Å². The summed E-state index contributed by atoms with van der Waals surface area (Å²) in [7, 11) is 0. The van der Waals surface area contributed by atoms with Crippen molar-refractivity contribution in [1.29, 1.82) is 5.26 Å². The van der Waals surface area contributed by atoms with Gasteiger partial charge in [-0.25, -0.2) is 4.98 Å². The zero-order valence-electron chi connectivity index (χ0n) is 16.0. The van der Waals surface area contributed by atoms with Crippen LogP contribution in [0.15, 0.2) is 84.4 Å². The van der Waals surface area contributed by atoms with Gasteiger partial charge >= 0.3 is 0 Å². The van der Waals surface area contributed by atoms with Gasteiger partial charge in [-0.2, -0.15) is 5.26 Å². The smallest absolute Gasteiger partial charge is 0.136 e. The molecule has 4 nitrogen and oxygen atoms in total. The summed E-state index contributed by atoms with van der Waals surface area (Å²) in [5.74, 6) is 1.50. The Hall–Kier alpha value is -3.30. The molecule has 0 atom stereocenters. The molecule has 3 aromatic carbocycles. The Morgan fingerprint density at radius 2 is 1.74 bits per heavy atom. The predicted octanol–water partition coefficient (Wildman–Crippen LogP) is 7.89. The molecule has 31 heavy (non-hydrogen) atoms. The number of nitriles is 1. The van der Waals surface area contributed by atoms with E-state index in [9.17, 15) is 5.26 Å². The van der Waals surface area contributed by atoms with Crippen molar-refractivity contribution in [3.63, 3.8) is 0 Å². The van der Waals surface area contributed by atoms with Crippen LogP contribution in [-0.2, 0) is 0 Å². The third-order valence-corrected chi connectivity index (χ3v) is 5.70. The number of allylic oxidation sites excluding steroid dienone is 1. The third kappa shape index (κ3) is 5.25. The largest absolute Gasteiger partial charge is 0.457 e. The van der Waals surface area contributed by atoms with Gasteiger partial charge in [0.2, 0.25) is 0 Å². The average Bonchev–Trinajstić information content (AvgIpc) is 3.26. The monoisotopic (exact) mass is 463 g/mol. The lowest BCUT2D eigenvalue weighted by Crippen LogP contribution is -1.91. The molecular weight excluding hydrogens is 449 g/mol. The topological polar surface area (TPSA) is 57.9 Å².